The van der Waals surface area contributed by atoms with Gasteiger partial charge in [0.1, 0.15) is 0 Å². The molecule has 62 valence electrons. The summed E-state index contributed by atoms with van der Waals surface area (Å²) in [4.78, 5) is 0. The highest BCUT2D eigenvalue weighted by atomic mass is 15.6. The van der Waals surface area contributed by atoms with Crippen LogP contribution in [0.25, 0.3) is 0 Å². The maximum absolute atomic E-state index is 3.10. The number of hydrazine groups is 2. The first-order valence-electron chi connectivity index (χ1n) is 3.84. The molecule has 0 spiro atoms. The first kappa shape index (κ1) is 9.88. The van der Waals surface area contributed by atoms with Gasteiger partial charge in [0.2, 0.25) is 0 Å². The Balaban J connectivity index is 3.16. The van der Waals surface area contributed by atoms with Gasteiger partial charge in [-0.2, -0.15) is 5.53 Å². The fraction of sp³-hybridized carbons (Fsp3) is 1.00. The van der Waals surface area contributed by atoms with Crippen LogP contribution in [0.4, 0.5) is 0 Å². The Hall–Kier alpha value is -0.120. The summed E-state index contributed by atoms with van der Waals surface area (Å²) in [7, 11) is 1.84. The number of nitrogens with one attached hydrogen (secondary N) is 3. The summed E-state index contributed by atoms with van der Waals surface area (Å²) in [6.45, 7) is 6.60. The van der Waals surface area contributed by atoms with Gasteiger partial charge in [-0.3, -0.25) is 0 Å². The molecule has 0 rings (SSSR count). The lowest BCUT2D eigenvalue weighted by Crippen LogP contribution is -2.46. The summed E-state index contributed by atoms with van der Waals surface area (Å²) in [5, 5.41) is 0. The molecule has 0 aliphatic carbocycles. The standard InChI is InChI=1S/C7H19N3/c1-6(2)5-7(3)9-10-8-4/h6-10H,5H2,1-4H3. The molecule has 0 aromatic carbocycles. The van der Waals surface area contributed by atoms with Gasteiger partial charge < -0.3 is 0 Å². The van der Waals surface area contributed by atoms with Gasteiger partial charge in [-0.05, 0) is 26.3 Å². The molecule has 10 heavy (non-hydrogen) atoms. The Morgan fingerprint density at radius 3 is 2.20 bits per heavy atom. The van der Waals surface area contributed by atoms with E-state index < -0.39 is 0 Å². The van der Waals surface area contributed by atoms with E-state index in [9.17, 15) is 0 Å². The molecule has 0 bridgehead atoms. The van der Waals surface area contributed by atoms with Gasteiger partial charge >= 0.3 is 0 Å². The van der Waals surface area contributed by atoms with Gasteiger partial charge in [0.15, 0.2) is 0 Å². The summed E-state index contributed by atoms with van der Waals surface area (Å²) in [5.74, 6) is 0.751. The first-order valence-corrected chi connectivity index (χ1v) is 3.84. The molecular weight excluding hydrogens is 126 g/mol. The third-order valence-electron chi connectivity index (χ3n) is 1.27. The Morgan fingerprint density at radius 2 is 1.80 bits per heavy atom. The number of hydrogen-bond donors (Lipinski definition) is 3. The van der Waals surface area contributed by atoms with Crippen LogP contribution in [0, 0.1) is 5.92 Å². The van der Waals surface area contributed by atoms with Crippen molar-refractivity contribution in [3.05, 3.63) is 0 Å². The molecule has 3 N–H and O–H groups in total. The van der Waals surface area contributed by atoms with Gasteiger partial charge in [0.25, 0.3) is 0 Å². The molecule has 1 atom stereocenters. The second-order valence-electron chi connectivity index (χ2n) is 3.05. The molecule has 0 radical (unpaired) electrons. The van der Waals surface area contributed by atoms with Gasteiger partial charge in [0.05, 0.1) is 0 Å². The highest BCUT2D eigenvalue weighted by Gasteiger charge is 2.01. The Bertz CT molecular complexity index is 73.3. The van der Waals surface area contributed by atoms with Gasteiger partial charge in [-0.25, -0.2) is 10.9 Å². The molecule has 3 heteroatoms. The minimum absolute atomic E-state index is 0.521. The van der Waals surface area contributed by atoms with Crippen LogP contribution >= 0.6 is 0 Å². The second-order valence-corrected chi connectivity index (χ2v) is 3.05. The van der Waals surface area contributed by atoms with E-state index in [0.717, 1.165) is 5.92 Å². The fourth-order valence-corrected chi connectivity index (χ4v) is 0.961. The van der Waals surface area contributed by atoms with E-state index in [1.807, 2.05) is 7.05 Å². The highest BCUT2D eigenvalue weighted by Crippen LogP contribution is 2.02. The summed E-state index contributed by atoms with van der Waals surface area (Å²) < 4.78 is 0. The molecule has 0 heterocycles. The monoisotopic (exact) mass is 145 g/mol. The lowest BCUT2D eigenvalue weighted by molar-refractivity contribution is 0.362. The van der Waals surface area contributed by atoms with Crippen LogP contribution in [-0.2, 0) is 0 Å². The molecule has 0 aromatic rings. The summed E-state index contributed by atoms with van der Waals surface area (Å²) in [5.41, 5.74) is 8.77. The van der Waals surface area contributed by atoms with E-state index in [4.69, 9.17) is 0 Å². The Kier molecular flexibility index (Phi) is 5.58. The molecule has 0 amide bonds. The average Bonchev–Trinajstić information content (AvgIpc) is 1.82. The maximum atomic E-state index is 3.10. The normalized spacial score (nSPS) is 14.1. The van der Waals surface area contributed by atoms with E-state index in [-0.39, 0.29) is 0 Å². The van der Waals surface area contributed by atoms with Crippen molar-refractivity contribution in [2.24, 2.45) is 5.92 Å². The van der Waals surface area contributed by atoms with Crippen molar-refractivity contribution in [1.29, 1.82) is 0 Å². The second kappa shape index (κ2) is 5.65. The molecule has 0 aliphatic heterocycles. The van der Waals surface area contributed by atoms with E-state index in [1.165, 1.54) is 6.42 Å². The molecule has 1 unspecified atom stereocenters. The van der Waals surface area contributed by atoms with Gasteiger partial charge in [-0.1, -0.05) is 13.8 Å². The van der Waals surface area contributed by atoms with Crippen molar-refractivity contribution in [2.45, 2.75) is 33.2 Å². The predicted molar refractivity (Wildman–Crippen MR) is 44.2 cm³/mol. The van der Waals surface area contributed by atoms with Crippen LogP contribution in [0.2, 0.25) is 0 Å². The van der Waals surface area contributed by atoms with Gasteiger partial charge in [-0.15, -0.1) is 0 Å². The molecule has 0 saturated heterocycles. The smallest absolute Gasteiger partial charge is 0.0200 e. The highest BCUT2D eigenvalue weighted by molar-refractivity contribution is 4.58. The van der Waals surface area contributed by atoms with Crippen LogP contribution in [0.5, 0.6) is 0 Å². The van der Waals surface area contributed by atoms with Crippen LogP contribution in [0.1, 0.15) is 27.2 Å². The lowest BCUT2D eigenvalue weighted by Gasteiger charge is -2.15. The molecule has 0 fully saturated rings. The topological polar surface area (TPSA) is 36.1 Å². The van der Waals surface area contributed by atoms with Crippen molar-refractivity contribution in [3.8, 4) is 0 Å². The van der Waals surface area contributed by atoms with Crippen molar-refractivity contribution in [3.63, 3.8) is 0 Å². The summed E-state index contributed by atoms with van der Waals surface area (Å²) in [6.07, 6.45) is 1.19. The van der Waals surface area contributed by atoms with Crippen LogP contribution in [0.15, 0.2) is 0 Å². The molecule has 0 aliphatic rings. The maximum Gasteiger partial charge on any atom is 0.0200 e. The summed E-state index contributed by atoms with van der Waals surface area (Å²) in [6, 6.07) is 0.521. The minimum Gasteiger partial charge on any atom is -0.247 e. The zero-order valence-electron chi connectivity index (χ0n) is 7.36. The Morgan fingerprint density at radius 1 is 1.20 bits per heavy atom. The number of hydrogen-bond acceptors (Lipinski definition) is 3. The van der Waals surface area contributed by atoms with Crippen LogP contribution < -0.4 is 16.4 Å². The van der Waals surface area contributed by atoms with E-state index in [0.29, 0.717) is 6.04 Å². The van der Waals surface area contributed by atoms with E-state index in [1.54, 1.807) is 0 Å². The van der Waals surface area contributed by atoms with Crippen molar-refractivity contribution >= 4 is 0 Å². The van der Waals surface area contributed by atoms with Crippen molar-refractivity contribution in [1.82, 2.24) is 16.4 Å². The van der Waals surface area contributed by atoms with Crippen LogP contribution in [-0.4, -0.2) is 13.1 Å². The zero-order chi connectivity index (χ0) is 7.98. The molecular formula is C7H19N3. The molecule has 0 saturated carbocycles. The first-order chi connectivity index (χ1) is 4.66. The summed E-state index contributed by atoms with van der Waals surface area (Å²) >= 11 is 0. The predicted octanol–water partition coefficient (Wildman–Crippen LogP) is 0.650. The SMILES string of the molecule is CNNNC(C)CC(C)C. The van der Waals surface area contributed by atoms with Gasteiger partial charge in [0, 0.05) is 6.04 Å². The number of rotatable bonds is 5. The quantitative estimate of drug-likeness (QED) is 0.497. The lowest BCUT2D eigenvalue weighted by atomic mass is 10.1. The molecule has 3 nitrogen and oxygen atoms in total. The third-order valence-corrected chi connectivity index (χ3v) is 1.27. The largest absolute Gasteiger partial charge is 0.247 e. The average molecular weight is 145 g/mol. The van der Waals surface area contributed by atoms with E-state index >= 15 is 0 Å². The van der Waals surface area contributed by atoms with Crippen LogP contribution in [0.3, 0.4) is 0 Å². The minimum atomic E-state index is 0.521. The fourth-order valence-electron chi connectivity index (χ4n) is 0.961. The van der Waals surface area contributed by atoms with E-state index in [2.05, 4.69) is 37.2 Å². The zero-order valence-corrected chi connectivity index (χ0v) is 7.36. The third kappa shape index (κ3) is 6.01. The van der Waals surface area contributed by atoms with Crippen molar-refractivity contribution in [2.75, 3.05) is 7.05 Å². The Labute approximate surface area is 63.5 Å². The van der Waals surface area contributed by atoms with Crippen molar-refractivity contribution < 1.29 is 0 Å². The molecule has 0 aromatic heterocycles.